The van der Waals surface area contributed by atoms with Crippen LogP contribution in [0.2, 0.25) is 0 Å². The van der Waals surface area contributed by atoms with Gasteiger partial charge >= 0.3 is 0 Å². The van der Waals surface area contributed by atoms with E-state index in [1.54, 1.807) is 0 Å². The van der Waals surface area contributed by atoms with Crippen molar-refractivity contribution in [2.24, 2.45) is 0 Å². The lowest BCUT2D eigenvalue weighted by Gasteiger charge is -2.20. The molecule has 3 heteroatoms. The third-order valence-corrected chi connectivity index (χ3v) is 4.99. The van der Waals surface area contributed by atoms with E-state index in [1.165, 1.54) is 5.56 Å². The van der Waals surface area contributed by atoms with Crippen molar-refractivity contribution in [3.63, 3.8) is 0 Å². The van der Waals surface area contributed by atoms with E-state index in [-0.39, 0.29) is 12.5 Å². The Bertz CT molecular complexity index is 834. The van der Waals surface area contributed by atoms with Crippen molar-refractivity contribution in [1.29, 1.82) is 0 Å². The van der Waals surface area contributed by atoms with E-state index in [0.29, 0.717) is 5.92 Å². The maximum absolute atomic E-state index is 13.0. The number of rotatable bonds is 7. The first-order valence-corrected chi connectivity index (χ1v) is 9.71. The summed E-state index contributed by atoms with van der Waals surface area (Å²) < 4.78 is 0. The number of benzene rings is 3. The Hall–Kier alpha value is -2.91. The summed E-state index contributed by atoms with van der Waals surface area (Å²) >= 11 is 0. The molecule has 2 N–H and O–H groups in total. The summed E-state index contributed by atoms with van der Waals surface area (Å²) in [6.45, 7) is 4.45. The predicted molar refractivity (Wildman–Crippen MR) is 113 cm³/mol. The van der Waals surface area contributed by atoms with E-state index in [2.05, 4.69) is 19.2 Å². The number of nitrogens with one attached hydrogen (secondary N) is 1. The third kappa shape index (κ3) is 4.87. The van der Waals surface area contributed by atoms with Gasteiger partial charge in [0.1, 0.15) is 0 Å². The number of hydrogen-bond donors (Lipinski definition) is 2. The fourth-order valence-corrected chi connectivity index (χ4v) is 3.31. The van der Waals surface area contributed by atoms with Crippen LogP contribution in [-0.4, -0.2) is 17.6 Å². The minimum Gasteiger partial charge on any atom is -0.387 e. The zero-order valence-corrected chi connectivity index (χ0v) is 16.4. The lowest BCUT2D eigenvalue weighted by molar-refractivity contribution is -0.122. The molecular weight excluding hydrogens is 346 g/mol. The molecule has 0 radical (unpaired) electrons. The van der Waals surface area contributed by atoms with Gasteiger partial charge in [0.25, 0.3) is 0 Å². The topological polar surface area (TPSA) is 49.3 Å². The maximum Gasteiger partial charge on any atom is 0.232 e. The summed E-state index contributed by atoms with van der Waals surface area (Å²) in [5.41, 5.74) is 3.90. The maximum atomic E-state index is 13.0. The van der Waals surface area contributed by atoms with Crippen LogP contribution in [0.4, 0.5) is 0 Å². The molecule has 0 saturated heterocycles. The first kappa shape index (κ1) is 19.8. The highest BCUT2D eigenvalue weighted by Gasteiger charge is 2.23. The van der Waals surface area contributed by atoms with Crippen LogP contribution in [0, 0.1) is 0 Å². The lowest BCUT2D eigenvalue weighted by atomic mass is 9.90. The molecule has 28 heavy (non-hydrogen) atoms. The molecule has 0 aliphatic rings. The van der Waals surface area contributed by atoms with Gasteiger partial charge in [-0.25, -0.2) is 0 Å². The summed E-state index contributed by atoms with van der Waals surface area (Å²) in [7, 11) is 0. The molecule has 1 unspecified atom stereocenters. The summed E-state index contributed by atoms with van der Waals surface area (Å²) in [5.74, 6) is -0.0726. The van der Waals surface area contributed by atoms with Gasteiger partial charge < -0.3 is 10.4 Å². The van der Waals surface area contributed by atoms with Crippen LogP contribution in [0.5, 0.6) is 0 Å². The molecule has 3 aromatic rings. The van der Waals surface area contributed by atoms with Crippen molar-refractivity contribution in [2.75, 3.05) is 6.54 Å². The highest BCUT2D eigenvalue weighted by molar-refractivity contribution is 5.87. The van der Waals surface area contributed by atoms with Gasteiger partial charge in [0.2, 0.25) is 5.91 Å². The Labute approximate surface area is 167 Å². The van der Waals surface area contributed by atoms with Crippen LogP contribution in [0.15, 0.2) is 84.9 Å². The van der Waals surface area contributed by atoms with E-state index < -0.39 is 12.0 Å². The van der Waals surface area contributed by atoms with Crippen LogP contribution < -0.4 is 5.32 Å². The minimum absolute atomic E-state index is 0.116. The van der Waals surface area contributed by atoms with Gasteiger partial charge in [0.15, 0.2) is 0 Å². The van der Waals surface area contributed by atoms with Crippen molar-refractivity contribution in [2.45, 2.75) is 31.8 Å². The SMILES string of the molecule is CC(C)c1ccc(C(O)CNC(=O)C(c2ccccc2)c2ccccc2)cc1. The number of amides is 1. The number of hydrogen-bond acceptors (Lipinski definition) is 2. The molecule has 3 aromatic carbocycles. The smallest absolute Gasteiger partial charge is 0.232 e. The molecule has 0 saturated carbocycles. The molecular formula is C25H27NO2. The summed E-state index contributed by atoms with van der Waals surface area (Å²) in [6.07, 6.45) is -0.739. The average molecular weight is 373 g/mol. The first-order valence-electron chi connectivity index (χ1n) is 9.71. The van der Waals surface area contributed by atoms with Crippen molar-refractivity contribution in [3.05, 3.63) is 107 Å². The molecule has 3 nitrogen and oxygen atoms in total. The zero-order valence-electron chi connectivity index (χ0n) is 16.4. The second kappa shape index (κ2) is 9.34. The third-order valence-electron chi connectivity index (χ3n) is 4.99. The monoisotopic (exact) mass is 373 g/mol. The Kier molecular flexibility index (Phi) is 6.62. The number of aliphatic hydroxyl groups is 1. The molecule has 3 rings (SSSR count). The minimum atomic E-state index is -0.739. The molecule has 0 fully saturated rings. The lowest BCUT2D eigenvalue weighted by Crippen LogP contribution is -2.33. The van der Waals surface area contributed by atoms with Gasteiger partial charge in [-0.15, -0.1) is 0 Å². The van der Waals surface area contributed by atoms with Crippen LogP contribution in [0.25, 0.3) is 0 Å². The van der Waals surface area contributed by atoms with E-state index in [4.69, 9.17) is 0 Å². The highest BCUT2D eigenvalue weighted by atomic mass is 16.3. The Morgan fingerprint density at radius 1 is 0.750 bits per heavy atom. The van der Waals surface area contributed by atoms with Gasteiger partial charge in [0.05, 0.1) is 12.0 Å². The molecule has 0 aromatic heterocycles. The second-order valence-corrected chi connectivity index (χ2v) is 7.34. The quantitative estimate of drug-likeness (QED) is 0.625. The number of carbonyl (C=O) groups is 1. The van der Waals surface area contributed by atoms with Gasteiger partial charge in [-0.1, -0.05) is 98.8 Å². The molecule has 0 bridgehead atoms. The summed E-state index contributed by atoms with van der Waals surface area (Å²) in [4.78, 5) is 13.0. The highest BCUT2D eigenvalue weighted by Crippen LogP contribution is 2.25. The second-order valence-electron chi connectivity index (χ2n) is 7.34. The van der Waals surface area contributed by atoms with E-state index in [9.17, 15) is 9.90 Å². The largest absolute Gasteiger partial charge is 0.387 e. The van der Waals surface area contributed by atoms with Crippen LogP contribution >= 0.6 is 0 Å². The van der Waals surface area contributed by atoms with Gasteiger partial charge in [-0.2, -0.15) is 0 Å². The van der Waals surface area contributed by atoms with Gasteiger partial charge in [-0.05, 0) is 28.2 Å². The summed E-state index contributed by atoms with van der Waals surface area (Å²) in [6, 6.07) is 27.4. The molecule has 0 aliphatic carbocycles. The fourth-order valence-electron chi connectivity index (χ4n) is 3.31. The van der Waals surface area contributed by atoms with E-state index in [0.717, 1.165) is 16.7 Å². The average Bonchev–Trinajstić information content (AvgIpc) is 2.74. The predicted octanol–water partition coefficient (Wildman–Crippen LogP) is 4.79. The molecule has 144 valence electrons. The van der Waals surface area contributed by atoms with Crippen molar-refractivity contribution >= 4 is 5.91 Å². The van der Waals surface area contributed by atoms with Crippen LogP contribution in [0.3, 0.4) is 0 Å². The standard InChI is InChI=1S/C25H27NO2/c1-18(2)19-13-15-20(16-14-19)23(27)17-26-25(28)24(21-9-5-3-6-10-21)22-11-7-4-8-12-22/h3-16,18,23-24,27H,17H2,1-2H3,(H,26,28). The van der Waals surface area contributed by atoms with Crippen molar-refractivity contribution in [3.8, 4) is 0 Å². The molecule has 0 spiro atoms. The van der Waals surface area contributed by atoms with Crippen molar-refractivity contribution in [1.82, 2.24) is 5.32 Å². The van der Waals surface area contributed by atoms with E-state index in [1.807, 2.05) is 84.9 Å². The fraction of sp³-hybridized carbons (Fsp3) is 0.240. The first-order chi connectivity index (χ1) is 13.6. The summed E-state index contributed by atoms with van der Waals surface area (Å²) in [5, 5.41) is 13.4. The Morgan fingerprint density at radius 3 is 1.68 bits per heavy atom. The van der Waals surface area contributed by atoms with E-state index >= 15 is 0 Å². The van der Waals surface area contributed by atoms with Gasteiger partial charge in [0, 0.05) is 6.54 Å². The van der Waals surface area contributed by atoms with Crippen LogP contribution in [-0.2, 0) is 4.79 Å². The Morgan fingerprint density at radius 2 is 1.21 bits per heavy atom. The number of aliphatic hydroxyl groups excluding tert-OH is 1. The number of carbonyl (C=O) groups excluding carboxylic acids is 1. The molecule has 1 amide bonds. The normalized spacial score (nSPS) is 12.2. The van der Waals surface area contributed by atoms with Gasteiger partial charge in [-0.3, -0.25) is 4.79 Å². The zero-order chi connectivity index (χ0) is 19.9. The van der Waals surface area contributed by atoms with Crippen LogP contribution in [0.1, 0.15) is 54.0 Å². The van der Waals surface area contributed by atoms with Crippen molar-refractivity contribution < 1.29 is 9.90 Å². The molecule has 0 heterocycles. The molecule has 0 aliphatic heterocycles. The molecule has 1 atom stereocenters. The Balaban J connectivity index is 1.72.